The Morgan fingerprint density at radius 3 is 2.47 bits per heavy atom. The minimum Gasteiger partial charge on any atom is -0.327 e. The van der Waals surface area contributed by atoms with Crippen LogP contribution < -0.4 is 5.32 Å². The number of hydrogen-bond donors (Lipinski definition) is 1. The summed E-state index contributed by atoms with van der Waals surface area (Å²) in [6.07, 6.45) is 0. The fourth-order valence-electron chi connectivity index (χ4n) is 4.04. The van der Waals surface area contributed by atoms with Crippen LogP contribution in [-0.2, 0) is 13.1 Å². The normalized spacial score (nSPS) is 15.6. The second-order valence-corrected chi connectivity index (χ2v) is 8.03. The molecule has 1 amide bonds. The molecular formula is C23H28ClN5O. The molecule has 1 fully saturated rings. The molecule has 1 saturated heterocycles. The Hall–Kier alpha value is -2.41. The summed E-state index contributed by atoms with van der Waals surface area (Å²) >= 11 is 6.15. The molecule has 30 heavy (non-hydrogen) atoms. The van der Waals surface area contributed by atoms with Gasteiger partial charge in [0.1, 0.15) is 5.82 Å². The maximum atomic E-state index is 12.6. The molecule has 2 aromatic carbocycles. The largest absolute Gasteiger partial charge is 0.327 e. The maximum Gasteiger partial charge on any atom is 0.257 e. The van der Waals surface area contributed by atoms with Crippen molar-refractivity contribution in [1.29, 1.82) is 0 Å². The van der Waals surface area contributed by atoms with Gasteiger partial charge in [-0.15, -0.1) is 0 Å². The van der Waals surface area contributed by atoms with Crippen molar-refractivity contribution in [3.8, 4) is 0 Å². The lowest BCUT2D eigenvalue weighted by Gasteiger charge is -2.33. The van der Waals surface area contributed by atoms with Gasteiger partial charge in [0.25, 0.3) is 5.91 Å². The van der Waals surface area contributed by atoms with Crippen molar-refractivity contribution in [2.45, 2.75) is 26.9 Å². The minimum atomic E-state index is -0.219. The van der Waals surface area contributed by atoms with Crippen LogP contribution in [0.15, 0.2) is 42.5 Å². The first-order chi connectivity index (χ1) is 14.6. The van der Waals surface area contributed by atoms with E-state index in [1.54, 1.807) is 18.2 Å². The highest BCUT2D eigenvalue weighted by Crippen LogP contribution is 2.23. The van der Waals surface area contributed by atoms with Crippen LogP contribution in [0.3, 0.4) is 0 Å². The van der Waals surface area contributed by atoms with Gasteiger partial charge in [0.15, 0.2) is 0 Å². The molecule has 2 heterocycles. The van der Waals surface area contributed by atoms with E-state index in [1.165, 1.54) is 0 Å². The molecule has 0 spiro atoms. The zero-order valence-electron chi connectivity index (χ0n) is 17.6. The van der Waals surface area contributed by atoms with Crippen LogP contribution in [0.1, 0.15) is 30.0 Å². The highest BCUT2D eigenvalue weighted by Gasteiger charge is 2.19. The number of piperazine rings is 1. The number of benzene rings is 2. The number of carbonyl (C=O) groups is 1. The molecule has 4 rings (SSSR count). The van der Waals surface area contributed by atoms with Crippen LogP contribution in [0.4, 0.5) is 5.69 Å². The SMILES string of the molecule is CCN1CCN(Cc2nc3cc(NC(=O)c4ccccc4Cl)ccc3n2CC)CC1. The van der Waals surface area contributed by atoms with Crippen molar-refractivity contribution in [3.05, 3.63) is 58.9 Å². The van der Waals surface area contributed by atoms with Crippen molar-refractivity contribution in [1.82, 2.24) is 19.4 Å². The molecule has 1 aliphatic heterocycles. The number of imidazole rings is 1. The molecule has 0 bridgehead atoms. The summed E-state index contributed by atoms with van der Waals surface area (Å²) in [5.41, 5.74) is 3.17. The zero-order valence-corrected chi connectivity index (χ0v) is 18.3. The lowest BCUT2D eigenvalue weighted by molar-refractivity contribution is 0.102. The van der Waals surface area contributed by atoms with Crippen molar-refractivity contribution in [2.75, 3.05) is 38.0 Å². The van der Waals surface area contributed by atoms with Gasteiger partial charge in [0.05, 0.1) is 28.2 Å². The Morgan fingerprint density at radius 1 is 1.03 bits per heavy atom. The molecule has 6 nitrogen and oxygen atoms in total. The number of halogens is 1. The number of anilines is 1. The predicted octanol–water partition coefficient (Wildman–Crippen LogP) is 4.10. The number of nitrogens with one attached hydrogen (secondary N) is 1. The number of carbonyl (C=O) groups excluding carboxylic acids is 1. The minimum absolute atomic E-state index is 0.219. The molecule has 3 aromatic rings. The predicted molar refractivity (Wildman–Crippen MR) is 122 cm³/mol. The van der Waals surface area contributed by atoms with Crippen molar-refractivity contribution < 1.29 is 4.79 Å². The number of fused-ring (bicyclic) bond motifs is 1. The van der Waals surface area contributed by atoms with Gasteiger partial charge in [0, 0.05) is 38.4 Å². The second-order valence-electron chi connectivity index (χ2n) is 7.62. The fraction of sp³-hybridized carbons (Fsp3) is 0.391. The number of rotatable bonds is 6. The summed E-state index contributed by atoms with van der Waals surface area (Å²) in [5, 5.41) is 3.38. The number of nitrogens with zero attached hydrogens (tertiary/aromatic N) is 4. The van der Waals surface area contributed by atoms with Gasteiger partial charge in [0.2, 0.25) is 0 Å². The van der Waals surface area contributed by atoms with E-state index in [9.17, 15) is 4.79 Å². The quantitative estimate of drug-likeness (QED) is 0.646. The van der Waals surface area contributed by atoms with Crippen LogP contribution in [0, 0.1) is 0 Å². The van der Waals surface area contributed by atoms with Crippen molar-refractivity contribution in [2.24, 2.45) is 0 Å². The Kier molecular flexibility index (Phi) is 6.37. The molecule has 158 valence electrons. The van der Waals surface area contributed by atoms with Crippen molar-refractivity contribution in [3.63, 3.8) is 0 Å². The van der Waals surface area contributed by atoms with Crippen LogP contribution in [0.2, 0.25) is 5.02 Å². The Morgan fingerprint density at radius 2 is 1.77 bits per heavy atom. The maximum absolute atomic E-state index is 12.6. The van der Waals surface area contributed by atoms with Crippen LogP contribution >= 0.6 is 11.6 Å². The molecule has 0 radical (unpaired) electrons. The molecule has 1 aliphatic rings. The van der Waals surface area contributed by atoms with Gasteiger partial charge in [-0.05, 0) is 43.8 Å². The first-order valence-corrected chi connectivity index (χ1v) is 11.0. The third-order valence-electron chi connectivity index (χ3n) is 5.80. The number of hydrogen-bond acceptors (Lipinski definition) is 4. The monoisotopic (exact) mass is 425 g/mol. The lowest BCUT2D eigenvalue weighted by Crippen LogP contribution is -2.45. The number of aryl methyl sites for hydroxylation is 1. The van der Waals surface area contributed by atoms with Gasteiger partial charge in [-0.3, -0.25) is 9.69 Å². The molecule has 0 saturated carbocycles. The molecule has 1 aromatic heterocycles. The molecule has 1 N–H and O–H groups in total. The topological polar surface area (TPSA) is 53.4 Å². The highest BCUT2D eigenvalue weighted by molar-refractivity contribution is 6.34. The van der Waals surface area contributed by atoms with Crippen LogP contribution in [0.25, 0.3) is 11.0 Å². The number of aromatic nitrogens is 2. The van der Waals surface area contributed by atoms with Crippen molar-refractivity contribution >= 4 is 34.2 Å². The Labute approximate surface area is 182 Å². The molecule has 0 aliphatic carbocycles. The third kappa shape index (κ3) is 4.36. The second kappa shape index (κ2) is 9.16. The smallest absolute Gasteiger partial charge is 0.257 e. The van der Waals surface area contributed by atoms with Crippen LogP contribution in [-0.4, -0.2) is 58.0 Å². The fourth-order valence-corrected chi connectivity index (χ4v) is 4.26. The number of amides is 1. The molecular weight excluding hydrogens is 398 g/mol. The molecule has 7 heteroatoms. The van der Waals surface area contributed by atoms with Gasteiger partial charge < -0.3 is 14.8 Å². The van der Waals surface area contributed by atoms with E-state index >= 15 is 0 Å². The summed E-state index contributed by atoms with van der Waals surface area (Å²) in [5.74, 6) is 0.857. The summed E-state index contributed by atoms with van der Waals surface area (Å²) in [4.78, 5) is 22.4. The Balaban J connectivity index is 1.53. The molecule has 0 unspecified atom stereocenters. The first kappa shape index (κ1) is 20.8. The number of likely N-dealkylation sites (N-methyl/N-ethyl adjacent to an activating group) is 1. The van der Waals surface area contributed by atoms with Gasteiger partial charge >= 0.3 is 0 Å². The molecule has 0 atom stereocenters. The highest BCUT2D eigenvalue weighted by atomic mass is 35.5. The van der Waals surface area contributed by atoms with E-state index in [0.717, 1.165) is 68.4 Å². The van der Waals surface area contributed by atoms with E-state index in [0.29, 0.717) is 10.6 Å². The summed E-state index contributed by atoms with van der Waals surface area (Å²) in [6.45, 7) is 11.6. The van der Waals surface area contributed by atoms with Crippen LogP contribution in [0.5, 0.6) is 0 Å². The summed E-state index contributed by atoms with van der Waals surface area (Å²) in [6, 6.07) is 13.0. The van der Waals surface area contributed by atoms with E-state index in [1.807, 2.05) is 24.3 Å². The average Bonchev–Trinajstić information content (AvgIpc) is 3.10. The van der Waals surface area contributed by atoms with Gasteiger partial charge in [-0.25, -0.2) is 4.98 Å². The standard InChI is InChI=1S/C23H28ClN5O/c1-3-27-11-13-28(14-12-27)16-22-26-20-15-17(9-10-21(20)29(22)4-2)25-23(30)18-7-5-6-8-19(18)24/h5-10,15H,3-4,11-14,16H2,1-2H3,(H,25,30). The van der Waals surface area contributed by atoms with Gasteiger partial charge in [-0.2, -0.15) is 0 Å². The first-order valence-electron chi connectivity index (χ1n) is 10.6. The third-order valence-corrected chi connectivity index (χ3v) is 6.13. The summed E-state index contributed by atoms with van der Waals surface area (Å²) < 4.78 is 2.27. The zero-order chi connectivity index (χ0) is 21.1. The van der Waals surface area contributed by atoms with E-state index in [2.05, 4.69) is 33.5 Å². The lowest BCUT2D eigenvalue weighted by atomic mass is 10.2. The van der Waals surface area contributed by atoms with E-state index < -0.39 is 0 Å². The Bertz CT molecular complexity index is 1040. The van der Waals surface area contributed by atoms with E-state index in [4.69, 9.17) is 16.6 Å². The summed E-state index contributed by atoms with van der Waals surface area (Å²) in [7, 11) is 0. The van der Waals surface area contributed by atoms with Gasteiger partial charge in [-0.1, -0.05) is 30.7 Å². The average molecular weight is 426 g/mol. The van der Waals surface area contributed by atoms with E-state index in [-0.39, 0.29) is 5.91 Å².